The monoisotopic (exact) mass is 235 g/mol. The molecule has 4 nitrogen and oxygen atoms in total. The molecule has 2 N–H and O–H groups in total. The van der Waals surface area contributed by atoms with Crippen LogP contribution in [0.1, 0.15) is 55.7 Å². The first-order chi connectivity index (χ1) is 8.09. The van der Waals surface area contributed by atoms with Gasteiger partial charge in [-0.15, -0.1) is 0 Å². The number of nitrogens with zero attached hydrogens (tertiary/aromatic N) is 2. The molecule has 1 heterocycles. The fourth-order valence-corrected chi connectivity index (χ4v) is 2.61. The molecule has 1 aromatic rings. The number of methoxy groups -OCH3 is 1. The first-order valence-electron chi connectivity index (χ1n) is 6.24. The van der Waals surface area contributed by atoms with Crippen molar-refractivity contribution in [2.75, 3.05) is 7.11 Å². The molecule has 17 heavy (non-hydrogen) atoms. The molecule has 94 valence electrons. The van der Waals surface area contributed by atoms with Gasteiger partial charge < -0.3 is 10.5 Å². The summed E-state index contributed by atoms with van der Waals surface area (Å²) in [7, 11) is 1.75. The van der Waals surface area contributed by atoms with Gasteiger partial charge in [0.2, 0.25) is 0 Å². The van der Waals surface area contributed by atoms with Crippen molar-refractivity contribution in [1.82, 2.24) is 9.97 Å². The van der Waals surface area contributed by atoms with E-state index < -0.39 is 0 Å². The van der Waals surface area contributed by atoms with Crippen molar-refractivity contribution in [3.8, 4) is 0 Å². The normalized spacial score (nSPS) is 20.5. The SMILES string of the molecule is COC1(c2ncc([C@H](C)N)c(C)n2)CCCC1. The molecular formula is C13H21N3O. The number of ether oxygens (including phenoxy) is 1. The Kier molecular flexibility index (Phi) is 3.45. The fourth-order valence-electron chi connectivity index (χ4n) is 2.61. The Morgan fingerprint density at radius 1 is 1.41 bits per heavy atom. The van der Waals surface area contributed by atoms with Gasteiger partial charge >= 0.3 is 0 Å². The number of hydrogen-bond acceptors (Lipinski definition) is 4. The number of nitrogens with two attached hydrogens (primary N) is 1. The number of aryl methyl sites for hydroxylation is 1. The molecule has 0 spiro atoms. The van der Waals surface area contributed by atoms with E-state index in [0.29, 0.717) is 0 Å². The third-order valence-corrected chi connectivity index (χ3v) is 3.72. The Morgan fingerprint density at radius 3 is 2.53 bits per heavy atom. The molecule has 2 rings (SSSR count). The van der Waals surface area contributed by atoms with E-state index in [-0.39, 0.29) is 11.6 Å². The molecule has 1 aliphatic rings. The smallest absolute Gasteiger partial charge is 0.160 e. The number of aromatic nitrogens is 2. The number of hydrogen-bond donors (Lipinski definition) is 1. The summed E-state index contributed by atoms with van der Waals surface area (Å²) in [6.45, 7) is 3.94. The third-order valence-electron chi connectivity index (χ3n) is 3.72. The summed E-state index contributed by atoms with van der Waals surface area (Å²) in [6.07, 6.45) is 6.25. The zero-order valence-electron chi connectivity index (χ0n) is 10.9. The third kappa shape index (κ3) is 2.19. The summed E-state index contributed by atoms with van der Waals surface area (Å²) in [5.41, 5.74) is 7.59. The first kappa shape index (κ1) is 12.5. The predicted octanol–water partition coefficient (Wildman–Crippen LogP) is 2.22. The van der Waals surface area contributed by atoms with E-state index in [1.54, 1.807) is 7.11 Å². The van der Waals surface area contributed by atoms with Crippen LogP contribution in [0.4, 0.5) is 0 Å². The van der Waals surface area contributed by atoms with Gasteiger partial charge in [-0.3, -0.25) is 0 Å². The predicted molar refractivity (Wildman–Crippen MR) is 66.5 cm³/mol. The van der Waals surface area contributed by atoms with Crippen molar-refractivity contribution < 1.29 is 4.74 Å². The van der Waals surface area contributed by atoms with Crippen molar-refractivity contribution in [2.24, 2.45) is 5.73 Å². The first-order valence-corrected chi connectivity index (χ1v) is 6.24. The zero-order chi connectivity index (χ0) is 12.5. The molecule has 0 unspecified atom stereocenters. The van der Waals surface area contributed by atoms with E-state index >= 15 is 0 Å². The van der Waals surface area contributed by atoms with Gasteiger partial charge in [-0.25, -0.2) is 9.97 Å². The zero-order valence-corrected chi connectivity index (χ0v) is 10.9. The maximum atomic E-state index is 5.87. The molecule has 1 aromatic heterocycles. The molecule has 4 heteroatoms. The van der Waals surface area contributed by atoms with E-state index in [4.69, 9.17) is 10.5 Å². The molecule has 0 amide bonds. The highest BCUT2D eigenvalue weighted by atomic mass is 16.5. The Bertz CT molecular complexity index is 398. The van der Waals surface area contributed by atoms with Crippen molar-refractivity contribution in [2.45, 2.75) is 51.2 Å². The van der Waals surface area contributed by atoms with Crippen LogP contribution < -0.4 is 5.73 Å². The van der Waals surface area contributed by atoms with E-state index in [0.717, 1.165) is 29.9 Å². The van der Waals surface area contributed by atoms with Gasteiger partial charge in [0.15, 0.2) is 5.82 Å². The van der Waals surface area contributed by atoms with Crippen molar-refractivity contribution in [1.29, 1.82) is 0 Å². The summed E-state index contributed by atoms with van der Waals surface area (Å²) in [4.78, 5) is 9.07. The van der Waals surface area contributed by atoms with Crippen LogP contribution in [0.3, 0.4) is 0 Å². The van der Waals surface area contributed by atoms with E-state index in [2.05, 4.69) is 9.97 Å². The summed E-state index contributed by atoms with van der Waals surface area (Å²) < 4.78 is 5.68. The second-order valence-corrected chi connectivity index (χ2v) is 4.93. The molecule has 1 saturated carbocycles. The quantitative estimate of drug-likeness (QED) is 0.872. The second kappa shape index (κ2) is 4.70. The van der Waals surface area contributed by atoms with E-state index in [9.17, 15) is 0 Å². The second-order valence-electron chi connectivity index (χ2n) is 4.93. The Balaban J connectivity index is 2.36. The summed E-state index contributed by atoms with van der Waals surface area (Å²) in [5, 5.41) is 0. The van der Waals surface area contributed by atoms with E-state index in [1.165, 1.54) is 12.8 Å². The molecular weight excluding hydrogens is 214 g/mol. The van der Waals surface area contributed by atoms with Crippen molar-refractivity contribution in [3.05, 3.63) is 23.3 Å². The lowest BCUT2D eigenvalue weighted by molar-refractivity contribution is -0.0164. The molecule has 0 bridgehead atoms. The standard InChI is InChI=1S/C13H21N3O/c1-9(14)11-8-15-12(16-10(11)2)13(17-3)6-4-5-7-13/h8-9H,4-7,14H2,1-3H3/t9-/m0/s1. The van der Waals surface area contributed by atoms with Gasteiger partial charge in [0, 0.05) is 30.6 Å². The fraction of sp³-hybridized carbons (Fsp3) is 0.692. The molecule has 1 fully saturated rings. The minimum atomic E-state index is -0.263. The van der Waals surface area contributed by atoms with Crippen LogP contribution in [-0.2, 0) is 10.3 Å². The molecule has 1 aliphatic carbocycles. The minimum absolute atomic E-state index is 0.0221. The molecule has 0 saturated heterocycles. The van der Waals surface area contributed by atoms with Gasteiger partial charge in [-0.05, 0) is 39.5 Å². The van der Waals surface area contributed by atoms with Crippen LogP contribution in [0, 0.1) is 6.92 Å². The summed E-state index contributed by atoms with van der Waals surface area (Å²) >= 11 is 0. The highest BCUT2D eigenvalue weighted by Gasteiger charge is 2.38. The Labute approximate surface area is 103 Å². The van der Waals surface area contributed by atoms with Crippen molar-refractivity contribution in [3.63, 3.8) is 0 Å². The maximum absolute atomic E-state index is 5.87. The van der Waals surface area contributed by atoms with Crippen LogP contribution in [0.15, 0.2) is 6.20 Å². The van der Waals surface area contributed by atoms with Crippen LogP contribution in [0.25, 0.3) is 0 Å². The average Bonchev–Trinajstić information content (AvgIpc) is 2.78. The van der Waals surface area contributed by atoms with Gasteiger partial charge in [0.05, 0.1) is 0 Å². The topological polar surface area (TPSA) is 61.0 Å². The molecule has 0 aliphatic heterocycles. The van der Waals surface area contributed by atoms with Crippen molar-refractivity contribution >= 4 is 0 Å². The molecule has 1 atom stereocenters. The van der Waals surface area contributed by atoms with E-state index in [1.807, 2.05) is 20.0 Å². The van der Waals surface area contributed by atoms with Crippen LogP contribution in [-0.4, -0.2) is 17.1 Å². The summed E-state index contributed by atoms with van der Waals surface area (Å²) in [5.74, 6) is 0.819. The Morgan fingerprint density at radius 2 is 2.06 bits per heavy atom. The van der Waals surface area contributed by atoms with Crippen LogP contribution in [0.5, 0.6) is 0 Å². The lowest BCUT2D eigenvalue weighted by atomic mass is 10.00. The van der Waals surface area contributed by atoms with Gasteiger partial charge in [0.25, 0.3) is 0 Å². The largest absolute Gasteiger partial charge is 0.370 e. The lowest BCUT2D eigenvalue weighted by Crippen LogP contribution is -2.28. The van der Waals surface area contributed by atoms with Crippen LogP contribution in [0.2, 0.25) is 0 Å². The molecule has 0 radical (unpaired) electrons. The van der Waals surface area contributed by atoms with Gasteiger partial charge in [-0.1, -0.05) is 0 Å². The van der Waals surface area contributed by atoms with Gasteiger partial charge in [0.1, 0.15) is 5.60 Å². The van der Waals surface area contributed by atoms with Gasteiger partial charge in [-0.2, -0.15) is 0 Å². The highest BCUT2D eigenvalue weighted by Crippen LogP contribution is 2.40. The maximum Gasteiger partial charge on any atom is 0.160 e. The minimum Gasteiger partial charge on any atom is -0.370 e. The lowest BCUT2D eigenvalue weighted by Gasteiger charge is -2.26. The van der Waals surface area contributed by atoms with Crippen LogP contribution >= 0.6 is 0 Å². The Hall–Kier alpha value is -1.00. The average molecular weight is 235 g/mol. The summed E-state index contributed by atoms with van der Waals surface area (Å²) in [6, 6.07) is -0.0221. The highest BCUT2D eigenvalue weighted by molar-refractivity contribution is 5.21. The molecule has 0 aromatic carbocycles. The number of rotatable bonds is 3.